The lowest BCUT2D eigenvalue weighted by Gasteiger charge is -2.16. The molecule has 136 valence electrons. The number of benzene rings is 1. The molecule has 1 aromatic heterocycles. The number of nitrogens with one attached hydrogen (secondary N) is 2. The van der Waals surface area contributed by atoms with Gasteiger partial charge in [-0.2, -0.15) is 5.10 Å². The summed E-state index contributed by atoms with van der Waals surface area (Å²) in [5.74, 6) is -0.469. The van der Waals surface area contributed by atoms with Crippen LogP contribution in [0.5, 0.6) is 0 Å². The number of aryl methyl sites for hydroxylation is 1. The molecule has 1 aliphatic carbocycles. The highest BCUT2D eigenvalue weighted by Gasteiger charge is 2.36. The van der Waals surface area contributed by atoms with Crippen molar-refractivity contribution in [3.8, 4) is 11.3 Å². The van der Waals surface area contributed by atoms with Gasteiger partial charge >= 0.3 is 6.09 Å². The van der Waals surface area contributed by atoms with E-state index < -0.39 is 23.9 Å². The highest BCUT2D eigenvalue weighted by Crippen LogP contribution is 2.38. The molecule has 8 nitrogen and oxygen atoms in total. The van der Waals surface area contributed by atoms with E-state index in [1.807, 2.05) is 0 Å². The van der Waals surface area contributed by atoms with E-state index >= 15 is 4.39 Å². The van der Waals surface area contributed by atoms with Crippen LogP contribution in [0.3, 0.4) is 0 Å². The molecule has 1 atom stereocenters. The van der Waals surface area contributed by atoms with Crippen LogP contribution in [0, 0.1) is 5.82 Å². The van der Waals surface area contributed by atoms with E-state index in [-0.39, 0.29) is 6.54 Å². The summed E-state index contributed by atoms with van der Waals surface area (Å²) in [5, 5.41) is 10.1. The molecule has 2 heterocycles. The van der Waals surface area contributed by atoms with Crippen molar-refractivity contribution in [2.24, 2.45) is 5.73 Å². The number of H-pyrrole nitrogens is 1. The summed E-state index contributed by atoms with van der Waals surface area (Å²) in [7, 11) is 1.77. The zero-order valence-electron chi connectivity index (χ0n) is 14.1. The number of cyclic esters (lactones) is 1. The fourth-order valence-corrected chi connectivity index (χ4v) is 3.58. The van der Waals surface area contributed by atoms with E-state index in [9.17, 15) is 9.59 Å². The van der Waals surface area contributed by atoms with Gasteiger partial charge in [0.05, 0.1) is 17.9 Å². The van der Waals surface area contributed by atoms with Gasteiger partial charge in [-0.1, -0.05) is 0 Å². The lowest BCUT2D eigenvalue weighted by atomic mass is 10.00. The monoisotopic (exact) mass is 359 g/mol. The Hall–Kier alpha value is -3.10. The highest BCUT2D eigenvalue weighted by atomic mass is 19.1. The van der Waals surface area contributed by atoms with Gasteiger partial charge in [-0.15, -0.1) is 0 Å². The fraction of sp³-hybridized carbons (Fsp3) is 0.353. The molecule has 2 aliphatic rings. The summed E-state index contributed by atoms with van der Waals surface area (Å²) in [5.41, 5.74) is 8.40. The molecule has 0 radical (unpaired) electrons. The van der Waals surface area contributed by atoms with Crippen molar-refractivity contribution in [1.82, 2.24) is 10.2 Å². The van der Waals surface area contributed by atoms with Crippen molar-refractivity contribution in [2.45, 2.75) is 25.4 Å². The Labute approximate surface area is 148 Å². The Morgan fingerprint density at radius 3 is 2.96 bits per heavy atom. The summed E-state index contributed by atoms with van der Waals surface area (Å²) in [4.78, 5) is 24.5. The normalized spacial score (nSPS) is 18.8. The Bertz CT molecular complexity index is 910. The Morgan fingerprint density at radius 1 is 1.46 bits per heavy atom. The number of ether oxygens (including phenoxy) is 1. The van der Waals surface area contributed by atoms with Gasteiger partial charge in [-0.05, 0) is 37.0 Å². The SMILES string of the molecule is CNc1n[nH]c2c1CCCc1cc(N3C[C@H](C(N)=O)OC3=O)cc(F)c1-2. The number of hydrogen-bond donors (Lipinski definition) is 3. The zero-order valence-corrected chi connectivity index (χ0v) is 14.1. The van der Waals surface area contributed by atoms with Gasteiger partial charge in [0.1, 0.15) is 5.82 Å². The number of nitrogens with zero attached hydrogens (tertiary/aromatic N) is 2. The highest BCUT2D eigenvalue weighted by molar-refractivity contribution is 5.95. The Kier molecular flexibility index (Phi) is 3.78. The van der Waals surface area contributed by atoms with Crippen LogP contribution < -0.4 is 16.0 Å². The minimum absolute atomic E-state index is 0.0222. The van der Waals surface area contributed by atoms with E-state index in [0.717, 1.165) is 24.0 Å². The van der Waals surface area contributed by atoms with E-state index in [4.69, 9.17) is 10.5 Å². The van der Waals surface area contributed by atoms with Crippen LogP contribution in [0.1, 0.15) is 17.5 Å². The average Bonchev–Trinajstić information content (AvgIpc) is 3.13. The number of aromatic nitrogens is 2. The number of anilines is 2. The van der Waals surface area contributed by atoms with Crippen molar-refractivity contribution in [2.75, 3.05) is 23.8 Å². The molecule has 0 bridgehead atoms. The topological polar surface area (TPSA) is 113 Å². The van der Waals surface area contributed by atoms with E-state index in [0.29, 0.717) is 29.2 Å². The fourth-order valence-electron chi connectivity index (χ4n) is 3.58. The largest absolute Gasteiger partial charge is 0.434 e. The molecule has 2 amide bonds. The number of primary amides is 1. The van der Waals surface area contributed by atoms with Gasteiger partial charge in [0.2, 0.25) is 0 Å². The van der Waals surface area contributed by atoms with Gasteiger partial charge in [-0.25, -0.2) is 9.18 Å². The van der Waals surface area contributed by atoms with Gasteiger partial charge in [0, 0.05) is 18.2 Å². The van der Waals surface area contributed by atoms with Gasteiger partial charge in [0.15, 0.2) is 11.9 Å². The first kappa shape index (κ1) is 16.4. The van der Waals surface area contributed by atoms with Crippen LogP contribution in [0.25, 0.3) is 11.3 Å². The number of halogens is 1. The number of rotatable bonds is 3. The molecule has 0 saturated carbocycles. The molecule has 4 N–H and O–H groups in total. The van der Waals surface area contributed by atoms with Crippen molar-refractivity contribution in [1.29, 1.82) is 0 Å². The number of amides is 2. The van der Waals surface area contributed by atoms with Crippen LogP contribution in [-0.4, -0.2) is 41.9 Å². The van der Waals surface area contributed by atoms with Crippen molar-refractivity contribution in [3.63, 3.8) is 0 Å². The Morgan fingerprint density at radius 2 is 2.27 bits per heavy atom. The molecule has 9 heteroatoms. The number of carbonyl (C=O) groups is 2. The average molecular weight is 359 g/mol. The molecule has 1 fully saturated rings. The predicted molar refractivity (Wildman–Crippen MR) is 92.4 cm³/mol. The molecule has 1 aliphatic heterocycles. The molecular formula is C17H18FN5O3. The summed E-state index contributed by atoms with van der Waals surface area (Å²) in [6.45, 7) is -0.0222. The van der Waals surface area contributed by atoms with Gasteiger partial charge in [0.25, 0.3) is 5.91 Å². The van der Waals surface area contributed by atoms with Crippen LogP contribution >= 0.6 is 0 Å². The molecule has 1 aromatic carbocycles. The lowest BCUT2D eigenvalue weighted by Crippen LogP contribution is -2.32. The summed E-state index contributed by atoms with van der Waals surface area (Å²) < 4.78 is 19.9. The van der Waals surface area contributed by atoms with Crippen molar-refractivity contribution >= 4 is 23.5 Å². The van der Waals surface area contributed by atoms with Gasteiger partial charge < -0.3 is 15.8 Å². The molecule has 2 aromatic rings. The molecule has 26 heavy (non-hydrogen) atoms. The third-order valence-corrected chi connectivity index (χ3v) is 4.82. The standard InChI is InChI=1S/C17H18FN5O3/c1-20-16-10-4-2-3-8-5-9(6-11(18)13(8)14(10)21-22-16)23-7-12(15(19)24)26-17(23)25/h5-6,12H,2-4,7H2,1H3,(H2,19,24)(H2,20,21,22)/t12-/m1/s1. The van der Waals surface area contributed by atoms with Crippen LogP contribution in [0.4, 0.5) is 20.7 Å². The maximum absolute atomic E-state index is 15.0. The third-order valence-electron chi connectivity index (χ3n) is 4.82. The van der Waals surface area contributed by atoms with Gasteiger partial charge in [-0.3, -0.25) is 14.8 Å². The maximum Gasteiger partial charge on any atom is 0.415 e. The number of nitrogens with two attached hydrogens (primary N) is 1. The summed E-state index contributed by atoms with van der Waals surface area (Å²) >= 11 is 0. The van der Waals surface area contributed by atoms with Crippen LogP contribution in [0.15, 0.2) is 12.1 Å². The first-order valence-electron chi connectivity index (χ1n) is 8.35. The van der Waals surface area contributed by atoms with E-state index in [1.54, 1.807) is 13.1 Å². The van der Waals surface area contributed by atoms with E-state index in [1.165, 1.54) is 11.0 Å². The zero-order chi connectivity index (χ0) is 18.4. The quantitative estimate of drug-likeness (QED) is 0.770. The summed E-state index contributed by atoms with van der Waals surface area (Å²) in [6.07, 6.45) is 0.517. The Balaban J connectivity index is 1.77. The third kappa shape index (κ3) is 2.47. The second-order valence-electron chi connectivity index (χ2n) is 6.38. The second-order valence-corrected chi connectivity index (χ2v) is 6.38. The first-order chi connectivity index (χ1) is 12.5. The molecule has 4 rings (SSSR count). The number of aromatic amines is 1. The van der Waals surface area contributed by atoms with Crippen molar-refractivity contribution < 1.29 is 18.7 Å². The maximum atomic E-state index is 15.0. The minimum atomic E-state index is -1.03. The molecular weight excluding hydrogens is 341 g/mol. The van der Waals surface area contributed by atoms with Crippen molar-refractivity contribution in [3.05, 3.63) is 29.1 Å². The molecule has 1 saturated heterocycles. The number of fused-ring (bicyclic) bond motifs is 3. The number of hydrogen-bond acceptors (Lipinski definition) is 5. The molecule has 0 spiro atoms. The lowest BCUT2D eigenvalue weighted by molar-refractivity contribution is -0.124. The predicted octanol–water partition coefficient (Wildman–Crippen LogP) is 1.56. The smallest absolute Gasteiger partial charge is 0.415 e. The summed E-state index contributed by atoms with van der Waals surface area (Å²) in [6, 6.07) is 3.04. The minimum Gasteiger partial charge on any atom is -0.434 e. The number of carbonyl (C=O) groups excluding carboxylic acids is 2. The second kappa shape index (κ2) is 6.01. The van der Waals surface area contributed by atoms with Crippen LogP contribution in [-0.2, 0) is 22.4 Å². The van der Waals surface area contributed by atoms with E-state index in [2.05, 4.69) is 15.5 Å². The molecule has 0 unspecified atom stereocenters. The van der Waals surface area contributed by atoms with Crippen LogP contribution in [0.2, 0.25) is 0 Å². The first-order valence-corrected chi connectivity index (χ1v) is 8.35.